The van der Waals surface area contributed by atoms with Crippen molar-refractivity contribution >= 4 is 5.91 Å². The van der Waals surface area contributed by atoms with E-state index in [0.29, 0.717) is 0 Å². The van der Waals surface area contributed by atoms with E-state index in [2.05, 4.69) is 16.7 Å². The molecule has 1 unspecified atom stereocenters. The number of rotatable bonds is 2. The molecule has 0 fully saturated rings. The molecule has 0 aromatic heterocycles. The fraction of sp³-hybridized carbons (Fsp3) is 0.500. The van der Waals surface area contributed by atoms with Crippen LogP contribution < -0.4 is 10.6 Å². The minimum absolute atomic E-state index is 0.104. The summed E-state index contributed by atoms with van der Waals surface area (Å²) in [5.74, 6) is -0.104. The Labute approximate surface area is 54.8 Å². The van der Waals surface area contributed by atoms with Crippen molar-refractivity contribution in [1.82, 2.24) is 10.6 Å². The molecule has 9 heavy (non-hydrogen) atoms. The Morgan fingerprint density at radius 1 is 1.78 bits per heavy atom. The zero-order chi connectivity index (χ0) is 7.28. The lowest BCUT2D eigenvalue weighted by Gasteiger charge is -2.06. The third-order valence-electron chi connectivity index (χ3n) is 0.940. The van der Waals surface area contributed by atoms with Crippen LogP contribution in [0.5, 0.6) is 0 Å². The standard InChI is InChI=1S/C6H10N2O/c1-4-8-5(2)6(9)7-3/h1,5,8H,2-3H3,(H,7,9). The smallest absolute Gasteiger partial charge is 0.242 e. The summed E-state index contributed by atoms with van der Waals surface area (Å²) in [5.41, 5.74) is 0. The van der Waals surface area contributed by atoms with Gasteiger partial charge in [0.2, 0.25) is 5.91 Å². The Hall–Kier alpha value is -1.17. The van der Waals surface area contributed by atoms with Crippen molar-refractivity contribution in [3.05, 3.63) is 0 Å². The fourth-order valence-electron chi connectivity index (χ4n) is 0.407. The van der Waals surface area contributed by atoms with Crippen LogP contribution in [0, 0.1) is 12.5 Å². The SMILES string of the molecule is C#CNC(C)C(=O)NC. The molecule has 0 radical (unpaired) electrons. The van der Waals surface area contributed by atoms with E-state index in [1.165, 1.54) is 0 Å². The number of amides is 1. The molecule has 0 aliphatic carbocycles. The Bertz CT molecular complexity index is 136. The highest BCUT2D eigenvalue weighted by Crippen LogP contribution is 1.76. The summed E-state index contributed by atoms with van der Waals surface area (Å²) in [6.07, 6.45) is 4.88. The molecule has 0 saturated carbocycles. The molecule has 50 valence electrons. The van der Waals surface area contributed by atoms with Crippen LogP contribution in [-0.2, 0) is 4.79 Å². The van der Waals surface area contributed by atoms with Crippen LogP contribution in [0.15, 0.2) is 0 Å². The monoisotopic (exact) mass is 126 g/mol. The fourth-order valence-corrected chi connectivity index (χ4v) is 0.407. The van der Waals surface area contributed by atoms with Crippen LogP contribution in [0.3, 0.4) is 0 Å². The second kappa shape index (κ2) is 3.79. The summed E-state index contributed by atoms with van der Waals surface area (Å²) >= 11 is 0. The van der Waals surface area contributed by atoms with Gasteiger partial charge in [0.1, 0.15) is 6.04 Å². The van der Waals surface area contributed by atoms with Gasteiger partial charge in [0, 0.05) is 13.1 Å². The average molecular weight is 126 g/mol. The number of likely N-dealkylation sites (N-methyl/N-ethyl adjacent to an activating group) is 1. The zero-order valence-electron chi connectivity index (χ0n) is 5.56. The molecule has 0 bridgehead atoms. The lowest BCUT2D eigenvalue weighted by Crippen LogP contribution is -2.38. The topological polar surface area (TPSA) is 41.1 Å². The second-order valence-electron chi connectivity index (χ2n) is 1.62. The van der Waals surface area contributed by atoms with Gasteiger partial charge in [-0.1, -0.05) is 6.42 Å². The molecule has 0 rings (SSSR count). The zero-order valence-corrected chi connectivity index (χ0v) is 5.56. The first kappa shape index (κ1) is 7.83. The lowest BCUT2D eigenvalue weighted by atomic mass is 10.3. The highest BCUT2D eigenvalue weighted by atomic mass is 16.2. The molecule has 0 aliphatic rings. The highest BCUT2D eigenvalue weighted by Gasteiger charge is 2.06. The molecular formula is C6H10N2O. The number of carbonyl (C=O) groups is 1. The molecule has 2 N–H and O–H groups in total. The van der Waals surface area contributed by atoms with E-state index in [-0.39, 0.29) is 11.9 Å². The molecule has 1 atom stereocenters. The third-order valence-corrected chi connectivity index (χ3v) is 0.940. The Balaban J connectivity index is 3.62. The van der Waals surface area contributed by atoms with Crippen molar-refractivity contribution < 1.29 is 4.79 Å². The number of hydrogen-bond donors (Lipinski definition) is 2. The van der Waals surface area contributed by atoms with Gasteiger partial charge in [0.15, 0.2) is 0 Å². The molecule has 3 heteroatoms. The van der Waals surface area contributed by atoms with Gasteiger partial charge in [0.25, 0.3) is 0 Å². The number of hydrogen-bond acceptors (Lipinski definition) is 2. The molecule has 1 amide bonds. The molecule has 3 nitrogen and oxygen atoms in total. The molecule has 0 aromatic rings. The van der Waals surface area contributed by atoms with E-state index in [4.69, 9.17) is 6.42 Å². The van der Waals surface area contributed by atoms with Gasteiger partial charge < -0.3 is 10.6 Å². The predicted molar refractivity (Wildman–Crippen MR) is 35.5 cm³/mol. The first-order valence-corrected chi connectivity index (χ1v) is 2.65. The molecular weight excluding hydrogens is 116 g/mol. The van der Waals surface area contributed by atoms with Crippen LogP contribution in [0.1, 0.15) is 6.92 Å². The molecule has 0 aromatic carbocycles. The maximum Gasteiger partial charge on any atom is 0.242 e. The van der Waals surface area contributed by atoms with Gasteiger partial charge in [-0.15, -0.1) is 0 Å². The number of nitrogens with one attached hydrogen (secondary N) is 2. The summed E-state index contributed by atoms with van der Waals surface area (Å²) in [6.45, 7) is 1.69. The molecule has 0 spiro atoms. The van der Waals surface area contributed by atoms with Crippen LogP contribution in [0.25, 0.3) is 0 Å². The largest absolute Gasteiger partial charge is 0.357 e. The molecule has 0 heterocycles. The van der Waals surface area contributed by atoms with Crippen molar-refractivity contribution in [3.8, 4) is 12.5 Å². The first-order valence-electron chi connectivity index (χ1n) is 2.65. The summed E-state index contributed by atoms with van der Waals surface area (Å²) in [5, 5.41) is 4.96. The van der Waals surface area contributed by atoms with Gasteiger partial charge >= 0.3 is 0 Å². The van der Waals surface area contributed by atoms with E-state index in [1.807, 2.05) is 0 Å². The normalized spacial score (nSPS) is 11.2. The quantitative estimate of drug-likeness (QED) is 0.379. The maximum absolute atomic E-state index is 10.6. The third kappa shape index (κ3) is 2.60. The van der Waals surface area contributed by atoms with Crippen molar-refractivity contribution in [2.24, 2.45) is 0 Å². The first-order chi connectivity index (χ1) is 4.22. The van der Waals surface area contributed by atoms with E-state index >= 15 is 0 Å². The predicted octanol–water partition coefficient (Wildman–Crippen LogP) is -0.699. The van der Waals surface area contributed by atoms with Crippen molar-refractivity contribution in [2.45, 2.75) is 13.0 Å². The minimum Gasteiger partial charge on any atom is -0.357 e. The minimum atomic E-state index is -0.306. The average Bonchev–Trinajstić information content (AvgIpc) is 1.87. The van der Waals surface area contributed by atoms with Crippen LogP contribution in [0.4, 0.5) is 0 Å². The van der Waals surface area contributed by atoms with E-state index in [0.717, 1.165) is 0 Å². The summed E-state index contributed by atoms with van der Waals surface area (Å²) in [6, 6.07) is 1.87. The van der Waals surface area contributed by atoms with E-state index < -0.39 is 0 Å². The number of terminal acetylenes is 1. The Morgan fingerprint density at radius 3 is 2.67 bits per heavy atom. The van der Waals surface area contributed by atoms with Crippen molar-refractivity contribution in [1.29, 1.82) is 0 Å². The Morgan fingerprint density at radius 2 is 2.33 bits per heavy atom. The van der Waals surface area contributed by atoms with Crippen LogP contribution in [0.2, 0.25) is 0 Å². The summed E-state index contributed by atoms with van der Waals surface area (Å²) < 4.78 is 0. The molecule has 0 saturated heterocycles. The van der Waals surface area contributed by atoms with E-state index in [1.54, 1.807) is 14.0 Å². The van der Waals surface area contributed by atoms with Crippen LogP contribution >= 0.6 is 0 Å². The van der Waals surface area contributed by atoms with Gasteiger partial charge in [-0.2, -0.15) is 0 Å². The van der Waals surface area contributed by atoms with Gasteiger partial charge in [-0.05, 0) is 6.92 Å². The second-order valence-corrected chi connectivity index (χ2v) is 1.62. The van der Waals surface area contributed by atoms with Crippen LogP contribution in [-0.4, -0.2) is 19.0 Å². The number of carbonyl (C=O) groups excluding carboxylic acids is 1. The van der Waals surface area contributed by atoms with Crippen molar-refractivity contribution in [2.75, 3.05) is 7.05 Å². The lowest BCUT2D eigenvalue weighted by molar-refractivity contribution is -0.121. The summed E-state index contributed by atoms with van der Waals surface area (Å²) in [7, 11) is 1.57. The maximum atomic E-state index is 10.6. The van der Waals surface area contributed by atoms with Gasteiger partial charge in [-0.3, -0.25) is 4.79 Å². The van der Waals surface area contributed by atoms with Gasteiger partial charge in [-0.25, -0.2) is 0 Å². The molecule has 0 aliphatic heterocycles. The van der Waals surface area contributed by atoms with Crippen molar-refractivity contribution in [3.63, 3.8) is 0 Å². The van der Waals surface area contributed by atoms with Gasteiger partial charge in [0.05, 0.1) is 0 Å². The summed E-state index contributed by atoms with van der Waals surface area (Å²) in [4.78, 5) is 10.6. The van der Waals surface area contributed by atoms with E-state index in [9.17, 15) is 4.79 Å². The highest BCUT2D eigenvalue weighted by molar-refractivity contribution is 5.81. The Kier molecular flexibility index (Phi) is 3.29.